The van der Waals surface area contributed by atoms with Gasteiger partial charge in [-0.15, -0.1) is 0 Å². The lowest BCUT2D eigenvalue weighted by atomic mass is 9.79. The maximum absolute atomic E-state index is 5.25. The molecule has 0 bridgehead atoms. The number of rotatable bonds is 4. The monoisotopic (exact) mass is 701 g/mol. The summed E-state index contributed by atoms with van der Waals surface area (Å²) in [7, 11) is 0. The first kappa shape index (κ1) is 31.5. The molecule has 0 spiro atoms. The Morgan fingerprint density at radius 2 is 0.873 bits per heavy atom. The molecule has 0 saturated heterocycles. The van der Waals surface area contributed by atoms with Gasteiger partial charge in [0.15, 0.2) is 17.5 Å². The molecular weight excluding hydrogens is 667 g/mol. The molecule has 11 rings (SSSR count). The first-order valence-electron chi connectivity index (χ1n) is 18.9. The smallest absolute Gasteiger partial charge is 0.164 e. The Balaban J connectivity index is 1.13. The Morgan fingerprint density at radius 3 is 1.58 bits per heavy atom. The van der Waals surface area contributed by atoms with Gasteiger partial charge in [-0.05, 0) is 88.6 Å². The Morgan fingerprint density at radius 1 is 0.345 bits per heavy atom. The van der Waals surface area contributed by atoms with E-state index in [0.29, 0.717) is 17.5 Å². The third-order valence-corrected chi connectivity index (χ3v) is 11.7. The van der Waals surface area contributed by atoms with E-state index in [4.69, 9.17) is 15.0 Å². The van der Waals surface area contributed by atoms with Gasteiger partial charge in [0.05, 0.1) is 0 Å². The molecule has 3 nitrogen and oxygen atoms in total. The summed E-state index contributed by atoms with van der Waals surface area (Å²) in [6.45, 7) is 4.74. The van der Waals surface area contributed by atoms with Crippen molar-refractivity contribution in [2.24, 2.45) is 0 Å². The van der Waals surface area contributed by atoms with Crippen LogP contribution in [-0.4, -0.2) is 15.0 Å². The van der Waals surface area contributed by atoms with Gasteiger partial charge in [-0.2, -0.15) is 0 Å². The highest BCUT2D eigenvalue weighted by Gasteiger charge is 2.38. The summed E-state index contributed by atoms with van der Waals surface area (Å²) in [5.74, 6) is 1.98. The topological polar surface area (TPSA) is 38.7 Å². The zero-order valence-electron chi connectivity index (χ0n) is 30.6. The number of benzene rings is 9. The molecule has 1 aliphatic carbocycles. The molecular formula is C52H35N3. The second kappa shape index (κ2) is 12.0. The Kier molecular flexibility index (Phi) is 6.90. The zero-order valence-corrected chi connectivity index (χ0v) is 30.6. The summed E-state index contributed by atoms with van der Waals surface area (Å²) >= 11 is 0. The van der Waals surface area contributed by atoms with Crippen LogP contribution < -0.4 is 0 Å². The van der Waals surface area contributed by atoms with Crippen LogP contribution in [0.15, 0.2) is 176 Å². The minimum atomic E-state index is -0.227. The van der Waals surface area contributed by atoms with E-state index >= 15 is 0 Å². The normalized spacial score (nSPS) is 13.1. The molecule has 0 atom stereocenters. The van der Waals surface area contributed by atoms with Crippen molar-refractivity contribution in [1.82, 2.24) is 15.0 Å². The van der Waals surface area contributed by atoms with Crippen LogP contribution in [0, 0.1) is 0 Å². The Hall–Kier alpha value is -6.97. The summed E-state index contributed by atoms with van der Waals surface area (Å²) < 4.78 is 0. The van der Waals surface area contributed by atoms with Crippen molar-refractivity contribution in [3.63, 3.8) is 0 Å². The standard InChI is InChI=1S/C52H35N3/c1-52(2)46-23-11-20-42(40-19-9-17-34-14-7-8-18-39(34)40)47(46)45-29-28-41-43(48(45)52)21-10-22-44(41)51-54-49(37-26-24-32-12-3-5-15-35(32)30-37)53-50(55-51)38-27-25-33-13-4-6-16-36(33)31-38/h3-31H,1-2H3. The summed E-state index contributed by atoms with van der Waals surface area (Å²) in [5.41, 5.74) is 10.5. The number of aromatic nitrogens is 3. The van der Waals surface area contributed by atoms with E-state index in [-0.39, 0.29) is 5.41 Å². The molecule has 3 heteroatoms. The third kappa shape index (κ3) is 4.93. The van der Waals surface area contributed by atoms with Gasteiger partial charge in [0.1, 0.15) is 0 Å². The molecule has 10 aromatic rings. The quantitative estimate of drug-likeness (QED) is 0.183. The summed E-state index contributed by atoms with van der Waals surface area (Å²) in [6, 6.07) is 63.1. The van der Waals surface area contributed by atoms with E-state index in [0.717, 1.165) is 32.8 Å². The fourth-order valence-electron chi connectivity index (χ4n) is 9.03. The van der Waals surface area contributed by atoms with Gasteiger partial charge >= 0.3 is 0 Å². The molecule has 0 aliphatic heterocycles. The van der Waals surface area contributed by atoms with E-state index in [9.17, 15) is 0 Å². The lowest BCUT2D eigenvalue weighted by Gasteiger charge is -2.24. The van der Waals surface area contributed by atoms with E-state index in [1.807, 2.05) is 0 Å². The molecule has 0 saturated carbocycles. The lowest BCUT2D eigenvalue weighted by molar-refractivity contribution is 0.666. The molecule has 0 unspecified atom stereocenters. The predicted octanol–water partition coefficient (Wildman–Crippen LogP) is 13.5. The van der Waals surface area contributed by atoms with Crippen LogP contribution in [-0.2, 0) is 5.41 Å². The van der Waals surface area contributed by atoms with Gasteiger partial charge in [-0.1, -0.05) is 178 Å². The second-order valence-electron chi connectivity index (χ2n) is 15.2. The van der Waals surface area contributed by atoms with Gasteiger partial charge in [-0.3, -0.25) is 0 Å². The number of nitrogens with zero attached hydrogens (tertiary/aromatic N) is 3. The van der Waals surface area contributed by atoms with Crippen LogP contribution in [0.5, 0.6) is 0 Å². The molecule has 258 valence electrons. The summed E-state index contributed by atoms with van der Waals surface area (Å²) in [5, 5.41) is 9.55. The summed E-state index contributed by atoms with van der Waals surface area (Å²) in [6.07, 6.45) is 0. The van der Waals surface area contributed by atoms with E-state index < -0.39 is 0 Å². The fourth-order valence-corrected chi connectivity index (χ4v) is 9.03. The van der Waals surface area contributed by atoms with Crippen molar-refractivity contribution in [2.45, 2.75) is 19.3 Å². The average Bonchev–Trinajstić information content (AvgIpc) is 3.49. The molecule has 1 heterocycles. The molecule has 9 aromatic carbocycles. The van der Waals surface area contributed by atoms with Crippen LogP contribution in [0.1, 0.15) is 25.0 Å². The SMILES string of the molecule is CC1(C)c2cccc(-c3cccc4ccccc34)c2-c2ccc3c(-c4nc(-c5ccc6ccccc6c5)nc(-c5ccc6ccccc6c5)n4)cccc3c21. The van der Waals surface area contributed by atoms with Gasteiger partial charge in [0.25, 0.3) is 0 Å². The highest BCUT2D eigenvalue weighted by molar-refractivity contribution is 6.08. The molecule has 55 heavy (non-hydrogen) atoms. The van der Waals surface area contributed by atoms with Crippen LogP contribution in [0.3, 0.4) is 0 Å². The number of hydrogen-bond donors (Lipinski definition) is 0. The van der Waals surface area contributed by atoms with Crippen LogP contribution in [0.25, 0.3) is 99.5 Å². The van der Waals surface area contributed by atoms with Crippen LogP contribution >= 0.6 is 0 Å². The predicted molar refractivity (Wildman–Crippen MR) is 229 cm³/mol. The molecule has 1 aliphatic rings. The molecule has 0 fully saturated rings. The van der Waals surface area contributed by atoms with Crippen molar-refractivity contribution in [3.05, 3.63) is 187 Å². The van der Waals surface area contributed by atoms with Crippen molar-refractivity contribution in [3.8, 4) is 56.4 Å². The first-order chi connectivity index (χ1) is 27.0. The van der Waals surface area contributed by atoms with Crippen molar-refractivity contribution in [2.75, 3.05) is 0 Å². The molecule has 0 N–H and O–H groups in total. The van der Waals surface area contributed by atoms with Crippen molar-refractivity contribution < 1.29 is 0 Å². The van der Waals surface area contributed by atoms with E-state index in [2.05, 4.69) is 190 Å². The average molecular weight is 702 g/mol. The van der Waals surface area contributed by atoms with Crippen molar-refractivity contribution in [1.29, 1.82) is 0 Å². The van der Waals surface area contributed by atoms with Gasteiger partial charge in [-0.25, -0.2) is 15.0 Å². The zero-order chi connectivity index (χ0) is 36.7. The van der Waals surface area contributed by atoms with Crippen LogP contribution in [0.2, 0.25) is 0 Å². The molecule has 1 aromatic heterocycles. The Labute approximate surface area is 319 Å². The van der Waals surface area contributed by atoms with Gasteiger partial charge in [0.2, 0.25) is 0 Å². The highest BCUT2D eigenvalue weighted by atomic mass is 15.0. The van der Waals surface area contributed by atoms with E-state index in [1.165, 1.54) is 60.3 Å². The lowest BCUT2D eigenvalue weighted by Crippen LogP contribution is -2.15. The van der Waals surface area contributed by atoms with Crippen LogP contribution in [0.4, 0.5) is 0 Å². The first-order valence-corrected chi connectivity index (χ1v) is 18.9. The number of fused-ring (bicyclic) bond motifs is 8. The highest BCUT2D eigenvalue weighted by Crippen LogP contribution is 2.55. The third-order valence-electron chi connectivity index (χ3n) is 11.7. The maximum Gasteiger partial charge on any atom is 0.164 e. The van der Waals surface area contributed by atoms with Gasteiger partial charge in [0, 0.05) is 22.1 Å². The minimum absolute atomic E-state index is 0.227. The largest absolute Gasteiger partial charge is 0.208 e. The fraction of sp³-hybridized carbons (Fsp3) is 0.0577. The second-order valence-corrected chi connectivity index (χ2v) is 15.2. The summed E-state index contributed by atoms with van der Waals surface area (Å²) in [4.78, 5) is 15.6. The maximum atomic E-state index is 5.25. The minimum Gasteiger partial charge on any atom is -0.208 e. The van der Waals surface area contributed by atoms with Gasteiger partial charge < -0.3 is 0 Å². The van der Waals surface area contributed by atoms with E-state index in [1.54, 1.807) is 0 Å². The molecule has 0 radical (unpaired) electrons. The molecule has 0 amide bonds. The van der Waals surface area contributed by atoms with Crippen molar-refractivity contribution >= 4 is 43.1 Å². The number of hydrogen-bond acceptors (Lipinski definition) is 3. The Bertz CT molecular complexity index is 3090.